The number of aliphatic hydroxyl groups is 1. The van der Waals surface area contributed by atoms with Crippen LogP contribution in [0.2, 0.25) is 0 Å². The van der Waals surface area contributed by atoms with E-state index in [-0.39, 0.29) is 24.6 Å². The molecule has 0 aliphatic carbocycles. The summed E-state index contributed by atoms with van der Waals surface area (Å²) >= 11 is 1.73. The van der Waals surface area contributed by atoms with E-state index in [9.17, 15) is 4.79 Å². The smallest absolute Gasteiger partial charge is 0.238 e. The third kappa shape index (κ3) is 3.54. The maximum absolute atomic E-state index is 11.5. The Morgan fingerprint density at radius 1 is 1.85 bits per heavy atom. The lowest BCUT2D eigenvalue weighted by Crippen LogP contribution is -2.45. The van der Waals surface area contributed by atoms with Crippen molar-refractivity contribution in [3.63, 3.8) is 0 Å². The molecule has 76 valence electrons. The van der Waals surface area contributed by atoms with E-state index in [0.717, 1.165) is 11.6 Å². The van der Waals surface area contributed by atoms with Crippen molar-refractivity contribution < 1.29 is 9.90 Å². The van der Waals surface area contributed by atoms with Crippen LogP contribution in [0.1, 0.15) is 13.3 Å². The molecular weight excluding hydrogens is 188 g/mol. The summed E-state index contributed by atoms with van der Waals surface area (Å²) in [7, 11) is 0. The molecule has 0 saturated carbocycles. The molecule has 1 amide bonds. The number of hydrogen-bond acceptors (Lipinski definition) is 4. The van der Waals surface area contributed by atoms with Gasteiger partial charge in [0.2, 0.25) is 5.91 Å². The Bertz CT molecular complexity index is 172. The van der Waals surface area contributed by atoms with Crippen molar-refractivity contribution in [1.29, 1.82) is 0 Å². The molecule has 0 aromatic rings. The molecule has 0 radical (unpaired) electrons. The van der Waals surface area contributed by atoms with Crippen LogP contribution in [0.5, 0.6) is 0 Å². The van der Waals surface area contributed by atoms with Gasteiger partial charge < -0.3 is 10.4 Å². The zero-order chi connectivity index (χ0) is 9.68. The van der Waals surface area contributed by atoms with Crippen molar-refractivity contribution >= 4 is 17.7 Å². The van der Waals surface area contributed by atoms with E-state index >= 15 is 0 Å². The Morgan fingerprint density at radius 3 is 3.15 bits per heavy atom. The van der Waals surface area contributed by atoms with E-state index in [0.29, 0.717) is 6.42 Å². The lowest BCUT2D eigenvalue weighted by Gasteiger charge is -2.15. The molecule has 0 bridgehead atoms. The van der Waals surface area contributed by atoms with Gasteiger partial charge in [-0.1, -0.05) is 0 Å². The Hall–Kier alpha value is -0.260. The molecule has 1 fully saturated rings. The van der Waals surface area contributed by atoms with E-state index in [4.69, 9.17) is 5.11 Å². The zero-order valence-corrected chi connectivity index (χ0v) is 8.56. The molecule has 1 aliphatic rings. The summed E-state index contributed by atoms with van der Waals surface area (Å²) in [5.74, 6) is 1.75. The number of nitrogens with one attached hydrogen (secondary N) is 2. The molecule has 0 spiro atoms. The number of carbonyl (C=O) groups excluding carboxylic acids is 1. The minimum absolute atomic E-state index is 0.0472. The average Bonchev–Trinajstić information content (AvgIpc) is 2.55. The Labute approximate surface area is 82.5 Å². The van der Waals surface area contributed by atoms with E-state index in [1.54, 1.807) is 11.8 Å². The zero-order valence-electron chi connectivity index (χ0n) is 7.75. The number of amides is 1. The van der Waals surface area contributed by atoms with Crippen molar-refractivity contribution in [3.8, 4) is 0 Å². The highest BCUT2D eigenvalue weighted by molar-refractivity contribution is 7.99. The number of carbonyl (C=O) groups is 1. The first-order chi connectivity index (χ1) is 6.24. The summed E-state index contributed by atoms with van der Waals surface area (Å²) in [5, 5.41) is 14.6. The number of hydrogen-bond donors (Lipinski definition) is 3. The molecule has 2 unspecified atom stereocenters. The number of rotatable bonds is 4. The van der Waals surface area contributed by atoms with Crippen molar-refractivity contribution in [2.45, 2.75) is 25.4 Å². The summed E-state index contributed by atoms with van der Waals surface area (Å²) in [6.07, 6.45) is 0.617. The fraction of sp³-hybridized carbons (Fsp3) is 0.875. The molecule has 4 nitrogen and oxygen atoms in total. The number of aliphatic hydroxyl groups excluding tert-OH is 1. The van der Waals surface area contributed by atoms with Crippen LogP contribution in [0.25, 0.3) is 0 Å². The van der Waals surface area contributed by atoms with Gasteiger partial charge in [0.1, 0.15) is 0 Å². The van der Waals surface area contributed by atoms with Crippen LogP contribution < -0.4 is 10.6 Å². The minimum Gasteiger partial charge on any atom is -0.396 e. The minimum atomic E-state index is -0.0499. The van der Waals surface area contributed by atoms with Gasteiger partial charge in [-0.15, -0.1) is 11.8 Å². The molecule has 1 heterocycles. The van der Waals surface area contributed by atoms with Crippen molar-refractivity contribution in [1.82, 2.24) is 10.6 Å². The van der Waals surface area contributed by atoms with Gasteiger partial charge in [-0.25, -0.2) is 0 Å². The second kappa shape index (κ2) is 5.47. The Balaban J connectivity index is 2.23. The lowest BCUT2D eigenvalue weighted by atomic mass is 10.2. The molecule has 1 aliphatic heterocycles. The predicted octanol–water partition coefficient (Wildman–Crippen LogP) is -0.464. The number of thioether (sulfide) groups is 1. The largest absolute Gasteiger partial charge is 0.396 e. The van der Waals surface area contributed by atoms with Crippen LogP contribution in [0.15, 0.2) is 0 Å². The third-order valence-electron chi connectivity index (χ3n) is 1.98. The molecule has 3 N–H and O–H groups in total. The average molecular weight is 204 g/mol. The quantitative estimate of drug-likeness (QED) is 0.580. The molecule has 1 rings (SSSR count). The lowest BCUT2D eigenvalue weighted by molar-refractivity contribution is -0.123. The van der Waals surface area contributed by atoms with Gasteiger partial charge in [0.05, 0.1) is 6.04 Å². The van der Waals surface area contributed by atoms with Gasteiger partial charge in [0, 0.05) is 24.3 Å². The summed E-state index contributed by atoms with van der Waals surface area (Å²) in [4.78, 5) is 11.5. The van der Waals surface area contributed by atoms with Crippen LogP contribution in [0, 0.1) is 0 Å². The van der Waals surface area contributed by atoms with E-state index < -0.39 is 0 Å². The van der Waals surface area contributed by atoms with Crippen LogP contribution >= 0.6 is 11.8 Å². The predicted molar refractivity (Wildman–Crippen MR) is 53.6 cm³/mol. The summed E-state index contributed by atoms with van der Waals surface area (Å²) in [5.41, 5.74) is 0. The fourth-order valence-electron chi connectivity index (χ4n) is 1.17. The fourth-order valence-corrected chi connectivity index (χ4v) is 2.11. The van der Waals surface area contributed by atoms with E-state index in [1.807, 2.05) is 6.92 Å². The first-order valence-corrected chi connectivity index (χ1v) is 5.62. The van der Waals surface area contributed by atoms with Crippen LogP contribution in [-0.2, 0) is 4.79 Å². The van der Waals surface area contributed by atoms with Gasteiger partial charge >= 0.3 is 0 Å². The molecule has 1 saturated heterocycles. The van der Waals surface area contributed by atoms with Crippen LogP contribution in [0.4, 0.5) is 0 Å². The summed E-state index contributed by atoms with van der Waals surface area (Å²) < 4.78 is 0. The molecule has 0 aromatic carbocycles. The highest BCUT2D eigenvalue weighted by Crippen LogP contribution is 2.09. The molecule has 2 atom stereocenters. The highest BCUT2D eigenvalue weighted by Gasteiger charge is 2.22. The second-order valence-corrected chi connectivity index (χ2v) is 4.22. The van der Waals surface area contributed by atoms with E-state index in [1.165, 1.54) is 0 Å². The maximum Gasteiger partial charge on any atom is 0.238 e. The van der Waals surface area contributed by atoms with Gasteiger partial charge in [-0.3, -0.25) is 10.1 Å². The molecule has 5 heteroatoms. The summed E-state index contributed by atoms with van der Waals surface area (Å²) in [6, 6.07) is 0.0102. The van der Waals surface area contributed by atoms with Gasteiger partial charge in [0.15, 0.2) is 0 Å². The molecular formula is C8H16N2O2S. The van der Waals surface area contributed by atoms with Crippen molar-refractivity contribution in [2.75, 3.05) is 18.2 Å². The van der Waals surface area contributed by atoms with E-state index in [2.05, 4.69) is 10.6 Å². The third-order valence-corrected chi connectivity index (χ3v) is 2.92. The second-order valence-electron chi connectivity index (χ2n) is 3.19. The standard InChI is InChI=1S/C8H16N2O2S/c1-6(2-3-11)10-8(12)7-4-13-5-9-7/h6-7,9,11H,2-5H2,1H3,(H,10,12). The Morgan fingerprint density at radius 2 is 2.62 bits per heavy atom. The molecule has 13 heavy (non-hydrogen) atoms. The Kier molecular flexibility index (Phi) is 4.55. The van der Waals surface area contributed by atoms with Crippen molar-refractivity contribution in [2.24, 2.45) is 0 Å². The monoisotopic (exact) mass is 204 g/mol. The first kappa shape index (κ1) is 10.8. The molecule has 0 aromatic heterocycles. The SMILES string of the molecule is CC(CCO)NC(=O)C1CSCN1. The summed E-state index contributed by atoms with van der Waals surface area (Å²) in [6.45, 7) is 2.02. The van der Waals surface area contributed by atoms with Crippen molar-refractivity contribution in [3.05, 3.63) is 0 Å². The highest BCUT2D eigenvalue weighted by atomic mass is 32.2. The normalized spacial score (nSPS) is 24.3. The van der Waals surface area contributed by atoms with Crippen LogP contribution in [-0.4, -0.2) is 41.3 Å². The van der Waals surface area contributed by atoms with Gasteiger partial charge in [-0.05, 0) is 13.3 Å². The van der Waals surface area contributed by atoms with Crippen LogP contribution in [0.3, 0.4) is 0 Å². The van der Waals surface area contributed by atoms with Gasteiger partial charge in [0.25, 0.3) is 0 Å². The maximum atomic E-state index is 11.5. The topological polar surface area (TPSA) is 61.4 Å². The first-order valence-electron chi connectivity index (χ1n) is 4.46. The van der Waals surface area contributed by atoms with Gasteiger partial charge in [-0.2, -0.15) is 0 Å².